The van der Waals surface area contributed by atoms with Crippen LogP contribution >= 0.6 is 24.0 Å². The quantitative estimate of drug-likeness (QED) is 0.484. The first-order valence-electron chi connectivity index (χ1n) is 5.90. The SMILES string of the molecule is CCN(C(=S)Sc1ccccc1)c1ccccc1.[MgH2]. The number of thioether (sulfide) groups is 1. The van der Waals surface area contributed by atoms with Crippen molar-refractivity contribution < 1.29 is 0 Å². The molecule has 19 heavy (non-hydrogen) atoms. The molecule has 0 N–H and O–H groups in total. The van der Waals surface area contributed by atoms with E-state index in [0.29, 0.717) is 0 Å². The molecule has 0 fully saturated rings. The Morgan fingerprint density at radius 3 is 2.05 bits per heavy atom. The second-order valence-electron chi connectivity index (χ2n) is 3.76. The summed E-state index contributed by atoms with van der Waals surface area (Å²) in [7, 11) is 0. The van der Waals surface area contributed by atoms with Crippen molar-refractivity contribution in [3.63, 3.8) is 0 Å². The molecule has 0 radical (unpaired) electrons. The molecule has 0 aliphatic carbocycles. The predicted octanol–water partition coefficient (Wildman–Crippen LogP) is 3.67. The Morgan fingerprint density at radius 1 is 1.00 bits per heavy atom. The lowest BCUT2D eigenvalue weighted by molar-refractivity contribution is 1.08. The van der Waals surface area contributed by atoms with Gasteiger partial charge in [-0.05, 0) is 31.2 Å². The van der Waals surface area contributed by atoms with Crippen LogP contribution in [0.4, 0.5) is 5.69 Å². The average Bonchev–Trinajstić information content (AvgIpc) is 2.42. The largest absolute Gasteiger partial charge is 0.327 e. The number of benzene rings is 2. The summed E-state index contributed by atoms with van der Waals surface area (Å²) >= 11 is 7.16. The van der Waals surface area contributed by atoms with Gasteiger partial charge < -0.3 is 4.90 Å². The molecule has 0 aliphatic heterocycles. The monoisotopic (exact) mass is 299 g/mol. The summed E-state index contributed by atoms with van der Waals surface area (Å²) in [6.45, 7) is 2.99. The number of nitrogens with zero attached hydrogens (tertiary/aromatic N) is 1. The second-order valence-corrected chi connectivity index (χ2v) is 5.47. The Balaban J connectivity index is 0.00000180. The fraction of sp³-hybridized carbons (Fsp3) is 0.133. The molecule has 0 amide bonds. The number of para-hydroxylation sites is 1. The van der Waals surface area contributed by atoms with Gasteiger partial charge in [0.2, 0.25) is 0 Å². The zero-order valence-corrected chi connectivity index (χ0v) is 11.9. The average molecular weight is 300 g/mol. The van der Waals surface area contributed by atoms with Gasteiger partial charge in [-0.1, -0.05) is 60.4 Å². The minimum atomic E-state index is 0. The molecule has 0 saturated carbocycles. The highest BCUT2D eigenvalue weighted by molar-refractivity contribution is 8.23. The second kappa shape index (κ2) is 8.58. The van der Waals surface area contributed by atoms with Crippen molar-refractivity contribution in [3.05, 3.63) is 60.7 Å². The van der Waals surface area contributed by atoms with Crippen LogP contribution in [0.2, 0.25) is 0 Å². The summed E-state index contributed by atoms with van der Waals surface area (Å²) in [4.78, 5) is 3.32. The van der Waals surface area contributed by atoms with Gasteiger partial charge in [0.05, 0.1) is 0 Å². The molecule has 2 aromatic rings. The van der Waals surface area contributed by atoms with Crippen molar-refractivity contribution in [1.29, 1.82) is 0 Å². The summed E-state index contributed by atoms with van der Waals surface area (Å²) in [5, 5.41) is 0. The Labute approximate surface area is 140 Å². The Hall–Kier alpha value is -0.554. The van der Waals surface area contributed by atoms with Crippen molar-refractivity contribution in [2.45, 2.75) is 11.8 Å². The van der Waals surface area contributed by atoms with Gasteiger partial charge in [0.15, 0.2) is 0 Å². The highest BCUT2D eigenvalue weighted by Gasteiger charge is 2.10. The van der Waals surface area contributed by atoms with Gasteiger partial charge in [-0.2, -0.15) is 0 Å². The molecule has 96 valence electrons. The number of thiocarbonyl (C=S) groups is 1. The van der Waals surface area contributed by atoms with Crippen LogP contribution < -0.4 is 4.90 Å². The lowest BCUT2D eigenvalue weighted by Gasteiger charge is -2.23. The van der Waals surface area contributed by atoms with Gasteiger partial charge in [0, 0.05) is 17.1 Å². The van der Waals surface area contributed by atoms with Gasteiger partial charge >= 0.3 is 23.1 Å². The standard InChI is InChI=1S/C15H15NS2.Mg.2H/c1-2-16(13-9-5-3-6-10-13)15(17)18-14-11-7-4-8-12-14;;;/h3-12H,2H2,1H3;;;. The maximum atomic E-state index is 5.53. The molecular formula is C15H17MgNS2. The Morgan fingerprint density at radius 2 is 1.53 bits per heavy atom. The molecule has 0 aromatic heterocycles. The molecule has 0 saturated heterocycles. The molecule has 0 aliphatic rings. The van der Waals surface area contributed by atoms with E-state index in [1.54, 1.807) is 11.8 Å². The number of hydrogen-bond acceptors (Lipinski definition) is 2. The van der Waals surface area contributed by atoms with Crippen LogP contribution in [0.15, 0.2) is 65.6 Å². The molecule has 0 atom stereocenters. The van der Waals surface area contributed by atoms with Crippen LogP contribution in [0.1, 0.15) is 6.92 Å². The van der Waals surface area contributed by atoms with Crippen molar-refractivity contribution in [1.82, 2.24) is 0 Å². The lowest BCUT2D eigenvalue weighted by Crippen LogP contribution is -2.26. The Kier molecular flexibility index (Phi) is 7.45. The van der Waals surface area contributed by atoms with E-state index in [2.05, 4.69) is 36.1 Å². The molecular weight excluding hydrogens is 283 g/mol. The van der Waals surface area contributed by atoms with Crippen molar-refractivity contribution in [2.24, 2.45) is 0 Å². The third kappa shape index (κ3) is 4.80. The van der Waals surface area contributed by atoms with E-state index in [0.717, 1.165) is 16.6 Å². The maximum absolute atomic E-state index is 5.53. The zero-order chi connectivity index (χ0) is 12.8. The lowest BCUT2D eigenvalue weighted by atomic mass is 10.3. The number of rotatable bonds is 3. The molecule has 0 spiro atoms. The van der Waals surface area contributed by atoms with Gasteiger partial charge in [0.1, 0.15) is 4.32 Å². The third-order valence-electron chi connectivity index (χ3n) is 2.55. The fourth-order valence-electron chi connectivity index (χ4n) is 1.67. The summed E-state index contributed by atoms with van der Waals surface area (Å²) in [6, 6.07) is 20.5. The van der Waals surface area contributed by atoms with E-state index in [9.17, 15) is 0 Å². The van der Waals surface area contributed by atoms with Crippen LogP contribution in [0.3, 0.4) is 0 Å². The number of anilines is 1. The molecule has 1 nitrogen and oxygen atoms in total. The van der Waals surface area contributed by atoms with E-state index in [4.69, 9.17) is 12.2 Å². The van der Waals surface area contributed by atoms with Gasteiger partial charge in [-0.25, -0.2) is 0 Å². The normalized spacial score (nSPS) is 9.53. The van der Waals surface area contributed by atoms with E-state index >= 15 is 0 Å². The Bertz CT molecular complexity index is 502. The predicted molar refractivity (Wildman–Crippen MR) is 92.9 cm³/mol. The summed E-state index contributed by atoms with van der Waals surface area (Å²) < 4.78 is 0.884. The molecule has 4 heteroatoms. The van der Waals surface area contributed by atoms with Gasteiger partial charge in [0.25, 0.3) is 0 Å². The summed E-state index contributed by atoms with van der Waals surface area (Å²) in [6.07, 6.45) is 0. The fourth-order valence-corrected chi connectivity index (χ4v) is 3.03. The maximum Gasteiger partial charge on any atom is 0.316 e. The zero-order valence-electron chi connectivity index (χ0n) is 10.2. The first-order valence-corrected chi connectivity index (χ1v) is 7.13. The summed E-state index contributed by atoms with van der Waals surface area (Å²) in [5.74, 6) is 0. The molecule has 0 bridgehead atoms. The van der Waals surface area contributed by atoms with Gasteiger partial charge in [-0.15, -0.1) is 0 Å². The van der Waals surface area contributed by atoms with E-state index in [1.807, 2.05) is 36.4 Å². The molecule has 0 heterocycles. The van der Waals surface area contributed by atoms with Crippen LogP contribution in [0.25, 0.3) is 0 Å². The van der Waals surface area contributed by atoms with Crippen LogP contribution in [-0.2, 0) is 0 Å². The van der Waals surface area contributed by atoms with E-state index in [-0.39, 0.29) is 23.1 Å². The van der Waals surface area contributed by atoms with Crippen LogP contribution in [0, 0.1) is 0 Å². The third-order valence-corrected chi connectivity index (χ3v) is 3.93. The highest BCUT2D eigenvalue weighted by atomic mass is 32.2. The summed E-state index contributed by atoms with van der Waals surface area (Å²) in [5.41, 5.74) is 1.15. The minimum Gasteiger partial charge on any atom is -0.327 e. The van der Waals surface area contributed by atoms with E-state index < -0.39 is 0 Å². The van der Waals surface area contributed by atoms with Crippen molar-refractivity contribution >= 4 is 57.0 Å². The van der Waals surface area contributed by atoms with Gasteiger partial charge in [-0.3, -0.25) is 0 Å². The minimum absolute atomic E-state index is 0. The first kappa shape index (κ1) is 16.5. The van der Waals surface area contributed by atoms with Crippen LogP contribution in [-0.4, -0.2) is 33.9 Å². The van der Waals surface area contributed by atoms with Crippen molar-refractivity contribution in [2.75, 3.05) is 11.4 Å². The van der Waals surface area contributed by atoms with Crippen molar-refractivity contribution in [3.8, 4) is 0 Å². The smallest absolute Gasteiger partial charge is 0.316 e. The molecule has 0 unspecified atom stereocenters. The number of hydrogen-bond donors (Lipinski definition) is 0. The molecule has 2 aromatic carbocycles. The topological polar surface area (TPSA) is 3.24 Å². The highest BCUT2D eigenvalue weighted by Crippen LogP contribution is 2.25. The molecule has 2 rings (SSSR count). The first-order chi connectivity index (χ1) is 8.81. The van der Waals surface area contributed by atoms with E-state index in [1.165, 1.54) is 4.90 Å². The van der Waals surface area contributed by atoms with Crippen LogP contribution in [0.5, 0.6) is 0 Å².